The SMILES string of the molecule is CC1CC(Oc2ccc(F)cc2)C(O)c2ccccc21. The largest absolute Gasteiger partial charge is 0.487 e. The van der Waals surface area contributed by atoms with Crippen molar-refractivity contribution in [2.45, 2.75) is 31.5 Å². The molecule has 0 fully saturated rings. The van der Waals surface area contributed by atoms with Crippen LogP contribution in [0.15, 0.2) is 48.5 Å². The minimum absolute atomic E-state index is 0.291. The van der Waals surface area contributed by atoms with Gasteiger partial charge in [0.15, 0.2) is 0 Å². The summed E-state index contributed by atoms with van der Waals surface area (Å²) in [7, 11) is 0. The Kier molecular flexibility index (Phi) is 3.45. The zero-order chi connectivity index (χ0) is 14.1. The molecule has 0 aromatic heterocycles. The number of fused-ring (bicyclic) bond motifs is 1. The Morgan fingerprint density at radius 2 is 1.70 bits per heavy atom. The van der Waals surface area contributed by atoms with Crippen LogP contribution < -0.4 is 4.74 Å². The van der Waals surface area contributed by atoms with Crippen LogP contribution >= 0.6 is 0 Å². The van der Waals surface area contributed by atoms with Crippen molar-refractivity contribution in [1.82, 2.24) is 0 Å². The third-order valence-corrected chi connectivity index (χ3v) is 3.88. The van der Waals surface area contributed by atoms with E-state index in [0.29, 0.717) is 11.7 Å². The van der Waals surface area contributed by atoms with Crippen LogP contribution in [0.25, 0.3) is 0 Å². The zero-order valence-corrected chi connectivity index (χ0v) is 11.3. The van der Waals surface area contributed by atoms with Gasteiger partial charge < -0.3 is 9.84 Å². The number of benzene rings is 2. The predicted molar refractivity (Wildman–Crippen MR) is 75.2 cm³/mol. The van der Waals surface area contributed by atoms with Crippen molar-refractivity contribution < 1.29 is 14.2 Å². The second-order valence-corrected chi connectivity index (χ2v) is 5.32. The lowest BCUT2D eigenvalue weighted by Gasteiger charge is -2.34. The lowest BCUT2D eigenvalue weighted by Crippen LogP contribution is -2.32. The van der Waals surface area contributed by atoms with Crippen LogP contribution in [0.3, 0.4) is 0 Å². The lowest BCUT2D eigenvalue weighted by molar-refractivity contribution is 0.0179. The molecule has 0 amide bonds. The molecule has 1 aliphatic rings. The van der Waals surface area contributed by atoms with Gasteiger partial charge in [-0.2, -0.15) is 0 Å². The van der Waals surface area contributed by atoms with Gasteiger partial charge in [-0.05, 0) is 47.7 Å². The molecule has 2 aromatic carbocycles. The maximum absolute atomic E-state index is 12.9. The second-order valence-electron chi connectivity index (χ2n) is 5.32. The van der Waals surface area contributed by atoms with Crippen molar-refractivity contribution in [3.63, 3.8) is 0 Å². The highest BCUT2D eigenvalue weighted by Gasteiger charge is 2.33. The third-order valence-electron chi connectivity index (χ3n) is 3.88. The minimum atomic E-state index is -0.646. The van der Waals surface area contributed by atoms with E-state index in [1.165, 1.54) is 17.7 Å². The van der Waals surface area contributed by atoms with E-state index in [4.69, 9.17) is 4.74 Å². The maximum atomic E-state index is 12.9. The normalized spacial score (nSPS) is 25.1. The van der Waals surface area contributed by atoms with E-state index in [-0.39, 0.29) is 11.9 Å². The van der Waals surface area contributed by atoms with E-state index in [0.717, 1.165) is 12.0 Å². The van der Waals surface area contributed by atoms with Gasteiger partial charge in [-0.25, -0.2) is 4.39 Å². The molecule has 0 spiro atoms. The fourth-order valence-electron chi connectivity index (χ4n) is 2.83. The Bertz CT molecular complexity index is 594. The summed E-state index contributed by atoms with van der Waals surface area (Å²) in [6, 6.07) is 13.8. The Morgan fingerprint density at radius 3 is 2.40 bits per heavy atom. The Labute approximate surface area is 117 Å². The molecular weight excluding hydrogens is 255 g/mol. The smallest absolute Gasteiger partial charge is 0.129 e. The molecule has 2 aromatic rings. The first-order chi connectivity index (χ1) is 9.65. The number of aliphatic hydroxyl groups is 1. The molecule has 104 valence electrons. The number of ether oxygens (including phenoxy) is 1. The van der Waals surface area contributed by atoms with E-state index in [2.05, 4.69) is 13.0 Å². The number of hydrogen-bond acceptors (Lipinski definition) is 2. The van der Waals surface area contributed by atoms with Crippen molar-refractivity contribution in [3.8, 4) is 5.75 Å². The monoisotopic (exact) mass is 272 g/mol. The van der Waals surface area contributed by atoms with Crippen LogP contribution in [0.5, 0.6) is 5.75 Å². The molecule has 3 heteroatoms. The molecule has 0 bridgehead atoms. The lowest BCUT2D eigenvalue weighted by atomic mass is 9.80. The van der Waals surface area contributed by atoms with Gasteiger partial charge in [0, 0.05) is 0 Å². The van der Waals surface area contributed by atoms with Gasteiger partial charge in [-0.3, -0.25) is 0 Å². The average molecular weight is 272 g/mol. The molecule has 1 N–H and O–H groups in total. The average Bonchev–Trinajstić information content (AvgIpc) is 2.47. The zero-order valence-electron chi connectivity index (χ0n) is 11.3. The van der Waals surface area contributed by atoms with Crippen molar-refractivity contribution in [2.75, 3.05) is 0 Å². The summed E-state index contributed by atoms with van der Waals surface area (Å²) in [5.74, 6) is 0.627. The number of hydrogen-bond donors (Lipinski definition) is 1. The predicted octanol–water partition coefficient (Wildman–Crippen LogP) is 3.81. The summed E-state index contributed by atoms with van der Waals surface area (Å²) in [6.45, 7) is 2.13. The van der Waals surface area contributed by atoms with Gasteiger partial charge in [0.1, 0.15) is 23.8 Å². The van der Waals surface area contributed by atoms with Gasteiger partial charge in [-0.1, -0.05) is 31.2 Å². The number of halogens is 1. The van der Waals surface area contributed by atoms with E-state index in [9.17, 15) is 9.50 Å². The molecule has 20 heavy (non-hydrogen) atoms. The van der Waals surface area contributed by atoms with Crippen molar-refractivity contribution in [2.24, 2.45) is 0 Å². The quantitative estimate of drug-likeness (QED) is 0.900. The Balaban J connectivity index is 1.84. The molecule has 3 atom stereocenters. The minimum Gasteiger partial charge on any atom is -0.487 e. The molecule has 1 aliphatic carbocycles. The van der Waals surface area contributed by atoms with Gasteiger partial charge >= 0.3 is 0 Å². The first-order valence-electron chi connectivity index (χ1n) is 6.84. The van der Waals surface area contributed by atoms with Gasteiger partial charge in [0.25, 0.3) is 0 Å². The molecule has 0 saturated heterocycles. The summed E-state index contributed by atoms with van der Waals surface area (Å²) in [6.07, 6.45) is -0.201. The third kappa shape index (κ3) is 2.41. The number of rotatable bonds is 2. The fraction of sp³-hybridized carbons (Fsp3) is 0.294. The van der Waals surface area contributed by atoms with Crippen molar-refractivity contribution in [3.05, 3.63) is 65.5 Å². The first-order valence-corrected chi connectivity index (χ1v) is 6.84. The molecule has 3 rings (SSSR count). The summed E-state index contributed by atoms with van der Waals surface area (Å²) in [4.78, 5) is 0. The summed E-state index contributed by atoms with van der Waals surface area (Å²) in [5, 5.41) is 10.5. The topological polar surface area (TPSA) is 29.5 Å². The molecule has 3 unspecified atom stereocenters. The van der Waals surface area contributed by atoms with Gasteiger partial charge in [0.05, 0.1) is 0 Å². The molecule has 0 saturated carbocycles. The first kappa shape index (κ1) is 13.1. The van der Waals surface area contributed by atoms with Crippen LogP contribution in [0.2, 0.25) is 0 Å². The molecule has 0 aliphatic heterocycles. The fourth-order valence-corrected chi connectivity index (χ4v) is 2.83. The van der Waals surface area contributed by atoms with Crippen LogP contribution in [0.4, 0.5) is 4.39 Å². The molecule has 0 heterocycles. The molecule has 2 nitrogen and oxygen atoms in total. The number of aliphatic hydroxyl groups excluding tert-OH is 1. The summed E-state index contributed by atoms with van der Waals surface area (Å²) < 4.78 is 18.7. The molecule has 0 radical (unpaired) electrons. The standard InChI is InChI=1S/C17H17FO2/c1-11-10-16(20-13-8-6-12(18)7-9-13)17(19)15-5-3-2-4-14(11)15/h2-9,11,16-17,19H,10H2,1H3. The maximum Gasteiger partial charge on any atom is 0.129 e. The highest BCUT2D eigenvalue weighted by Crippen LogP contribution is 2.39. The summed E-state index contributed by atoms with van der Waals surface area (Å²) in [5.41, 5.74) is 2.11. The Morgan fingerprint density at radius 1 is 1.05 bits per heavy atom. The van der Waals surface area contributed by atoms with Crippen LogP contribution in [-0.4, -0.2) is 11.2 Å². The van der Waals surface area contributed by atoms with Crippen LogP contribution in [0.1, 0.15) is 36.5 Å². The van der Waals surface area contributed by atoms with E-state index in [1.807, 2.05) is 18.2 Å². The van der Waals surface area contributed by atoms with Crippen molar-refractivity contribution >= 4 is 0 Å². The van der Waals surface area contributed by atoms with E-state index >= 15 is 0 Å². The second kappa shape index (κ2) is 5.25. The van der Waals surface area contributed by atoms with E-state index < -0.39 is 6.10 Å². The Hall–Kier alpha value is -1.87. The highest BCUT2D eigenvalue weighted by atomic mass is 19.1. The molecular formula is C17H17FO2. The van der Waals surface area contributed by atoms with Gasteiger partial charge in [0.2, 0.25) is 0 Å². The van der Waals surface area contributed by atoms with Crippen molar-refractivity contribution in [1.29, 1.82) is 0 Å². The highest BCUT2D eigenvalue weighted by molar-refractivity contribution is 5.35. The van der Waals surface area contributed by atoms with Crippen LogP contribution in [-0.2, 0) is 0 Å². The summed E-state index contributed by atoms with van der Waals surface area (Å²) >= 11 is 0. The van der Waals surface area contributed by atoms with Crippen LogP contribution in [0, 0.1) is 5.82 Å². The van der Waals surface area contributed by atoms with E-state index in [1.54, 1.807) is 12.1 Å². The van der Waals surface area contributed by atoms with Gasteiger partial charge in [-0.15, -0.1) is 0 Å².